The van der Waals surface area contributed by atoms with Gasteiger partial charge in [-0.3, -0.25) is 9.59 Å². The molecular weight excluding hydrogens is 251 g/mol. The molecule has 19 heavy (non-hydrogen) atoms. The normalized spacial score (nSPS) is 18.4. The highest BCUT2D eigenvalue weighted by atomic mass is 19.1. The van der Waals surface area contributed by atoms with Crippen LogP contribution < -0.4 is 5.73 Å². The second-order valence-electron chi connectivity index (χ2n) is 4.49. The molecule has 6 heteroatoms. The van der Waals surface area contributed by atoms with E-state index in [2.05, 4.69) is 4.74 Å². The van der Waals surface area contributed by atoms with Crippen LogP contribution in [0.15, 0.2) is 18.2 Å². The number of anilines is 1. The van der Waals surface area contributed by atoms with Crippen molar-refractivity contribution in [1.82, 2.24) is 4.90 Å². The van der Waals surface area contributed by atoms with Gasteiger partial charge in [0, 0.05) is 18.8 Å². The molecule has 1 saturated heterocycles. The van der Waals surface area contributed by atoms with Crippen molar-refractivity contribution in [3.63, 3.8) is 0 Å². The van der Waals surface area contributed by atoms with E-state index in [-0.39, 0.29) is 29.0 Å². The lowest BCUT2D eigenvalue weighted by Crippen LogP contribution is -2.30. The highest BCUT2D eigenvalue weighted by Gasteiger charge is 2.32. The molecule has 5 nitrogen and oxygen atoms in total. The van der Waals surface area contributed by atoms with Crippen LogP contribution in [0.1, 0.15) is 16.8 Å². The summed E-state index contributed by atoms with van der Waals surface area (Å²) in [6, 6.07) is 3.66. The topological polar surface area (TPSA) is 72.6 Å². The van der Waals surface area contributed by atoms with Crippen molar-refractivity contribution in [3.8, 4) is 0 Å². The Bertz CT molecular complexity index is 519. The molecule has 0 aromatic heterocycles. The van der Waals surface area contributed by atoms with Gasteiger partial charge in [-0.25, -0.2) is 4.39 Å². The summed E-state index contributed by atoms with van der Waals surface area (Å²) in [6.45, 7) is 0.776. The molecule has 0 spiro atoms. The number of hydrogen-bond donors (Lipinski definition) is 1. The molecule has 1 fully saturated rings. The number of carbonyl (C=O) groups excluding carboxylic acids is 2. The van der Waals surface area contributed by atoms with Gasteiger partial charge in [-0.1, -0.05) is 0 Å². The largest absolute Gasteiger partial charge is 0.469 e. The Labute approximate surface area is 110 Å². The lowest BCUT2D eigenvalue weighted by atomic mass is 10.1. The predicted molar refractivity (Wildman–Crippen MR) is 66.8 cm³/mol. The fraction of sp³-hybridized carbons (Fsp3) is 0.385. The average Bonchev–Trinajstić information content (AvgIpc) is 2.86. The maximum Gasteiger partial charge on any atom is 0.310 e. The van der Waals surface area contributed by atoms with Crippen LogP contribution in [0.3, 0.4) is 0 Å². The van der Waals surface area contributed by atoms with E-state index in [1.54, 1.807) is 0 Å². The number of nitrogens with two attached hydrogens (primary N) is 1. The number of nitrogen functional groups attached to an aromatic ring is 1. The maximum atomic E-state index is 12.9. The lowest BCUT2D eigenvalue weighted by molar-refractivity contribution is -0.144. The Morgan fingerprint density at radius 1 is 1.47 bits per heavy atom. The fourth-order valence-corrected chi connectivity index (χ4v) is 2.20. The first-order valence-electron chi connectivity index (χ1n) is 5.95. The summed E-state index contributed by atoms with van der Waals surface area (Å²) < 4.78 is 17.6. The van der Waals surface area contributed by atoms with E-state index >= 15 is 0 Å². The Balaban J connectivity index is 2.11. The molecule has 0 saturated carbocycles. The van der Waals surface area contributed by atoms with Gasteiger partial charge in [0.1, 0.15) is 5.82 Å². The number of methoxy groups -OCH3 is 1. The van der Waals surface area contributed by atoms with E-state index in [9.17, 15) is 14.0 Å². The molecule has 1 aromatic rings. The number of amides is 1. The molecule has 0 bridgehead atoms. The minimum atomic E-state index is -0.483. The average molecular weight is 266 g/mol. The van der Waals surface area contributed by atoms with Gasteiger partial charge in [0.05, 0.1) is 18.6 Å². The molecule has 1 unspecified atom stereocenters. The van der Waals surface area contributed by atoms with Crippen molar-refractivity contribution < 1.29 is 18.7 Å². The molecule has 0 radical (unpaired) electrons. The van der Waals surface area contributed by atoms with Crippen molar-refractivity contribution in [2.24, 2.45) is 5.92 Å². The molecule has 1 amide bonds. The summed E-state index contributed by atoms with van der Waals surface area (Å²) in [4.78, 5) is 25.1. The molecule has 0 aliphatic carbocycles. The number of benzene rings is 1. The van der Waals surface area contributed by atoms with Crippen molar-refractivity contribution >= 4 is 17.6 Å². The smallest absolute Gasteiger partial charge is 0.310 e. The van der Waals surface area contributed by atoms with Crippen LogP contribution in [0, 0.1) is 11.7 Å². The number of halogens is 1. The van der Waals surface area contributed by atoms with Crippen LogP contribution in [0.5, 0.6) is 0 Å². The van der Waals surface area contributed by atoms with E-state index < -0.39 is 5.82 Å². The standard InChI is InChI=1S/C13H15FN2O3/c1-19-13(18)8-4-5-16(7-8)12(17)10-3-2-9(14)6-11(10)15/h2-3,6,8H,4-5,7,15H2,1H3. The third-order valence-electron chi connectivity index (χ3n) is 3.25. The van der Waals surface area contributed by atoms with E-state index in [1.807, 2.05) is 0 Å². The maximum absolute atomic E-state index is 12.9. The fourth-order valence-electron chi connectivity index (χ4n) is 2.20. The minimum absolute atomic E-state index is 0.103. The lowest BCUT2D eigenvalue weighted by Gasteiger charge is -2.17. The van der Waals surface area contributed by atoms with Crippen LogP contribution in [-0.2, 0) is 9.53 Å². The molecule has 1 atom stereocenters. The minimum Gasteiger partial charge on any atom is -0.469 e. The summed E-state index contributed by atoms with van der Waals surface area (Å²) in [7, 11) is 1.32. The van der Waals surface area contributed by atoms with E-state index in [1.165, 1.54) is 24.1 Å². The zero-order valence-electron chi connectivity index (χ0n) is 10.6. The van der Waals surface area contributed by atoms with Gasteiger partial charge in [-0.15, -0.1) is 0 Å². The number of carbonyl (C=O) groups is 2. The molecule has 1 aliphatic rings. The van der Waals surface area contributed by atoms with Gasteiger partial charge in [-0.2, -0.15) is 0 Å². The molecule has 2 N–H and O–H groups in total. The highest BCUT2D eigenvalue weighted by Crippen LogP contribution is 2.22. The number of ether oxygens (including phenoxy) is 1. The molecule has 2 rings (SSSR count). The zero-order valence-corrected chi connectivity index (χ0v) is 10.6. The van der Waals surface area contributed by atoms with Crippen molar-refractivity contribution in [3.05, 3.63) is 29.6 Å². The number of likely N-dealkylation sites (tertiary alicyclic amines) is 1. The van der Waals surface area contributed by atoms with E-state index in [4.69, 9.17) is 5.73 Å². The number of hydrogen-bond acceptors (Lipinski definition) is 4. The van der Waals surface area contributed by atoms with Crippen LogP contribution >= 0.6 is 0 Å². The predicted octanol–water partition coefficient (Wildman–Crippen LogP) is 1.04. The third-order valence-corrected chi connectivity index (χ3v) is 3.25. The second-order valence-corrected chi connectivity index (χ2v) is 4.49. The Morgan fingerprint density at radius 3 is 2.84 bits per heavy atom. The molecule has 1 heterocycles. The van der Waals surface area contributed by atoms with Gasteiger partial charge < -0.3 is 15.4 Å². The second kappa shape index (κ2) is 5.26. The summed E-state index contributed by atoms with van der Waals surface area (Å²) >= 11 is 0. The Morgan fingerprint density at radius 2 is 2.21 bits per heavy atom. The first kappa shape index (κ1) is 13.3. The molecule has 102 valence electrons. The van der Waals surface area contributed by atoms with Gasteiger partial charge in [0.15, 0.2) is 0 Å². The van der Waals surface area contributed by atoms with E-state index in [0.29, 0.717) is 19.5 Å². The first-order valence-corrected chi connectivity index (χ1v) is 5.95. The monoisotopic (exact) mass is 266 g/mol. The van der Waals surface area contributed by atoms with Gasteiger partial charge in [0.2, 0.25) is 0 Å². The zero-order chi connectivity index (χ0) is 14.0. The van der Waals surface area contributed by atoms with Gasteiger partial charge in [0.25, 0.3) is 5.91 Å². The Hall–Kier alpha value is -2.11. The van der Waals surface area contributed by atoms with Gasteiger partial charge in [-0.05, 0) is 24.6 Å². The summed E-state index contributed by atoms with van der Waals surface area (Å²) in [5.41, 5.74) is 5.99. The number of nitrogens with zero attached hydrogens (tertiary/aromatic N) is 1. The Kier molecular flexibility index (Phi) is 3.69. The summed E-state index contributed by atoms with van der Waals surface area (Å²) in [5.74, 6) is -1.38. The van der Waals surface area contributed by atoms with Crippen LogP contribution in [0.25, 0.3) is 0 Å². The third kappa shape index (κ3) is 2.67. The van der Waals surface area contributed by atoms with Crippen molar-refractivity contribution in [2.75, 3.05) is 25.9 Å². The summed E-state index contributed by atoms with van der Waals surface area (Å²) in [6.07, 6.45) is 0.569. The van der Waals surface area contributed by atoms with Crippen molar-refractivity contribution in [1.29, 1.82) is 0 Å². The molecular formula is C13H15FN2O3. The quantitative estimate of drug-likeness (QED) is 0.641. The highest BCUT2D eigenvalue weighted by molar-refractivity contribution is 5.99. The molecule has 1 aromatic carbocycles. The van der Waals surface area contributed by atoms with Crippen molar-refractivity contribution in [2.45, 2.75) is 6.42 Å². The number of esters is 1. The summed E-state index contributed by atoms with van der Waals surface area (Å²) in [5, 5.41) is 0. The van der Waals surface area contributed by atoms with Crippen LogP contribution in [0.2, 0.25) is 0 Å². The van der Waals surface area contributed by atoms with Crippen LogP contribution in [-0.4, -0.2) is 37.0 Å². The SMILES string of the molecule is COC(=O)C1CCN(C(=O)c2ccc(F)cc2N)C1. The number of rotatable bonds is 2. The van der Waals surface area contributed by atoms with Crippen LogP contribution in [0.4, 0.5) is 10.1 Å². The first-order chi connectivity index (χ1) is 9.02. The molecule has 1 aliphatic heterocycles. The van der Waals surface area contributed by atoms with E-state index in [0.717, 1.165) is 6.07 Å². The van der Waals surface area contributed by atoms with Gasteiger partial charge >= 0.3 is 5.97 Å².